The Hall–Kier alpha value is -0.120. The van der Waals surface area contributed by atoms with Gasteiger partial charge in [0.15, 0.2) is 0 Å². The first-order chi connectivity index (χ1) is 12.3. The van der Waals surface area contributed by atoms with Crippen molar-refractivity contribution in [2.45, 2.75) is 116 Å². The van der Waals surface area contributed by atoms with E-state index in [9.17, 15) is 5.11 Å². The van der Waals surface area contributed by atoms with Gasteiger partial charge in [-0.05, 0) is 13.0 Å². The Kier molecular flexibility index (Phi) is 21.8. The lowest BCUT2D eigenvalue weighted by atomic mass is 10.0. The van der Waals surface area contributed by atoms with Gasteiger partial charge in [-0.2, -0.15) is 0 Å². The molecule has 2 N–H and O–H groups in total. The van der Waals surface area contributed by atoms with E-state index < -0.39 is 0 Å². The van der Waals surface area contributed by atoms with Gasteiger partial charge < -0.3 is 15.2 Å². The molecule has 0 amide bonds. The van der Waals surface area contributed by atoms with Crippen LogP contribution in [0.4, 0.5) is 0 Å². The molecule has 0 saturated heterocycles. The van der Waals surface area contributed by atoms with E-state index in [4.69, 9.17) is 4.74 Å². The van der Waals surface area contributed by atoms with Gasteiger partial charge in [0.25, 0.3) is 0 Å². The number of methoxy groups -OCH3 is 1. The first kappa shape index (κ1) is 24.9. The van der Waals surface area contributed by atoms with E-state index in [1.165, 1.54) is 103 Å². The molecule has 0 fully saturated rings. The van der Waals surface area contributed by atoms with Gasteiger partial charge in [-0.1, -0.05) is 103 Å². The Balaban J connectivity index is 3.00. The molecule has 3 nitrogen and oxygen atoms in total. The minimum Gasteiger partial charge on any atom is -0.389 e. The van der Waals surface area contributed by atoms with Crippen LogP contribution in [-0.2, 0) is 4.74 Å². The molecule has 0 spiro atoms. The van der Waals surface area contributed by atoms with Crippen LogP contribution in [0.15, 0.2) is 0 Å². The Labute approximate surface area is 158 Å². The maximum atomic E-state index is 9.50. The van der Waals surface area contributed by atoms with Gasteiger partial charge >= 0.3 is 0 Å². The zero-order chi connectivity index (χ0) is 18.4. The summed E-state index contributed by atoms with van der Waals surface area (Å²) >= 11 is 0. The third-order valence-corrected chi connectivity index (χ3v) is 4.95. The van der Waals surface area contributed by atoms with E-state index >= 15 is 0 Å². The third kappa shape index (κ3) is 21.8. The van der Waals surface area contributed by atoms with Crippen LogP contribution in [0.2, 0.25) is 0 Å². The molecule has 3 heteroatoms. The molecule has 0 aliphatic carbocycles. The van der Waals surface area contributed by atoms with Crippen molar-refractivity contribution >= 4 is 0 Å². The van der Waals surface area contributed by atoms with Crippen molar-refractivity contribution in [1.29, 1.82) is 0 Å². The number of ether oxygens (including phenoxy) is 1. The Morgan fingerprint density at radius 3 is 1.48 bits per heavy atom. The zero-order valence-corrected chi connectivity index (χ0v) is 17.4. The molecule has 0 saturated carbocycles. The lowest BCUT2D eigenvalue weighted by Crippen LogP contribution is -2.30. The van der Waals surface area contributed by atoms with E-state index in [1.807, 2.05) is 0 Å². The number of aliphatic hydroxyl groups excluding tert-OH is 1. The average Bonchev–Trinajstić information content (AvgIpc) is 2.61. The molecule has 1 atom stereocenters. The number of nitrogens with one attached hydrogen (secondary N) is 1. The summed E-state index contributed by atoms with van der Waals surface area (Å²) in [5.41, 5.74) is 0. The van der Waals surface area contributed by atoms with Gasteiger partial charge in [0.1, 0.15) is 0 Å². The maximum Gasteiger partial charge on any atom is 0.0897 e. The normalized spacial score (nSPS) is 12.6. The number of unbranched alkanes of at least 4 members (excludes halogenated alkanes) is 15. The lowest BCUT2D eigenvalue weighted by Gasteiger charge is -2.10. The number of hydrogen-bond acceptors (Lipinski definition) is 3. The molecule has 25 heavy (non-hydrogen) atoms. The molecule has 0 radical (unpaired) electrons. The predicted molar refractivity (Wildman–Crippen MR) is 110 cm³/mol. The maximum absolute atomic E-state index is 9.50. The molecule has 0 heterocycles. The van der Waals surface area contributed by atoms with Gasteiger partial charge in [-0.25, -0.2) is 0 Å². The monoisotopic (exact) mass is 357 g/mol. The topological polar surface area (TPSA) is 41.5 Å². The third-order valence-electron chi connectivity index (χ3n) is 4.95. The van der Waals surface area contributed by atoms with Gasteiger partial charge in [0.2, 0.25) is 0 Å². The van der Waals surface area contributed by atoms with Crippen LogP contribution in [0.1, 0.15) is 110 Å². The summed E-state index contributed by atoms with van der Waals surface area (Å²) in [6, 6.07) is 0. The van der Waals surface area contributed by atoms with E-state index in [0.29, 0.717) is 13.2 Å². The number of rotatable bonds is 21. The molecule has 0 aliphatic heterocycles. The van der Waals surface area contributed by atoms with Crippen molar-refractivity contribution in [3.63, 3.8) is 0 Å². The van der Waals surface area contributed by atoms with Gasteiger partial charge in [0, 0.05) is 13.7 Å². The molecule has 0 rings (SSSR count). The molecule has 0 aromatic carbocycles. The van der Waals surface area contributed by atoms with Crippen LogP contribution < -0.4 is 5.32 Å². The van der Waals surface area contributed by atoms with Crippen molar-refractivity contribution in [2.75, 3.05) is 26.8 Å². The van der Waals surface area contributed by atoms with Crippen LogP contribution in [0.3, 0.4) is 0 Å². The molecule has 0 aliphatic rings. The summed E-state index contributed by atoms with van der Waals surface area (Å²) in [5.74, 6) is 0. The quantitative estimate of drug-likeness (QED) is 0.253. The molecule has 152 valence electrons. The summed E-state index contributed by atoms with van der Waals surface area (Å²) in [6.07, 6.45) is 22.2. The summed E-state index contributed by atoms with van der Waals surface area (Å²) < 4.78 is 4.90. The fourth-order valence-corrected chi connectivity index (χ4v) is 3.32. The summed E-state index contributed by atoms with van der Waals surface area (Å²) in [4.78, 5) is 0. The highest BCUT2D eigenvalue weighted by atomic mass is 16.5. The fourth-order valence-electron chi connectivity index (χ4n) is 3.32. The van der Waals surface area contributed by atoms with Crippen molar-refractivity contribution < 1.29 is 9.84 Å². The van der Waals surface area contributed by atoms with Crippen LogP contribution in [-0.4, -0.2) is 38.0 Å². The molecule has 0 aromatic heterocycles. The van der Waals surface area contributed by atoms with E-state index in [1.54, 1.807) is 7.11 Å². The van der Waals surface area contributed by atoms with E-state index in [-0.39, 0.29) is 6.10 Å². The van der Waals surface area contributed by atoms with E-state index in [2.05, 4.69) is 12.2 Å². The average molecular weight is 358 g/mol. The summed E-state index contributed by atoms with van der Waals surface area (Å²) in [6.45, 7) is 4.37. The van der Waals surface area contributed by atoms with Crippen LogP contribution in [0, 0.1) is 0 Å². The Morgan fingerprint density at radius 1 is 0.680 bits per heavy atom. The minimum absolute atomic E-state index is 0.369. The predicted octanol–water partition coefficient (Wildman–Crippen LogP) is 5.84. The number of hydrogen-bond donors (Lipinski definition) is 2. The standard InChI is InChI=1S/C22H47NO2/c1-3-4-5-6-7-8-9-10-11-12-13-14-15-16-17-18-19-23-20-22(24)21-25-2/h22-24H,3-21H2,1-2H3. The molecule has 1 unspecified atom stereocenters. The second kappa shape index (κ2) is 21.9. The lowest BCUT2D eigenvalue weighted by molar-refractivity contribution is 0.0646. The largest absolute Gasteiger partial charge is 0.389 e. The second-order valence-corrected chi connectivity index (χ2v) is 7.62. The van der Waals surface area contributed by atoms with Gasteiger partial charge in [-0.3, -0.25) is 0 Å². The Bertz CT molecular complexity index is 236. The molecular weight excluding hydrogens is 310 g/mol. The number of aliphatic hydroxyl groups is 1. The van der Waals surface area contributed by atoms with Crippen LogP contribution in [0.5, 0.6) is 0 Å². The van der Waals surface area contributed by atoms with Crippen LogP contribution >= 0.6 is 0 Å². The molecule has 0 aromatic rings. The molecular formula is C22H47NO2. The van der Waals surface area contributed by atoms with E-state index in [0.717, 1.165) is 6.54 Å². The smallest absolute Gasteiger partial charge is 0.0897 e. The van der Waals surface area contributed by atoms with Crippen molar-refractivity contribution in [3.8, 4) is 0 Å². The second-order valence-electron chi connectivity index (χ2n) is 7.62. The summed E-state index contributed by atoms with van der Waals surface area (Å²) in [7, 11) is 1.62. The highest BCUT2D eigenvalue weighted by Crippen LogP contribution is 2.13. The first-order valence-corrected chi connectivity index (χ1v) is 11.2. The minimum atomic E-state index is -0.369. The van der Waals surface area contributed by atoms with Crippen molar-refractivity contribution in [3.05, 3.63) is 0 Å². The SMILES string of the molecule is CCCCCCCCCCCCCCCCCCNCC(O)COC. The Morgan fingerprint density at radius 2 is 1.08 bits per heavy atom. The van der Waals surface area contributed by atoms with Gasteiger partial charge in [0.05, 0.1) is 12.7 Å². The highest BCUT2D eigenvalue weighted by Gasteiger charge is 2.01. The van der Waals surface area contributed by atoms with Crippen LogP contribution in [0.25, 0.3) is 0 Å². The molecule has 0 bridgehead atoms. The van der Waals surface area contributed by atoms with Gasteiger partial charge in [-0.15, -0.1) is 0 Å². The van der Waals surface area contributed by atoms with Crippen molar-refractivity contribution in [2.24, 2.45) is 0 Å². The summed E-state index contributed by atoms with van der Waals surface area (Å²) in [5, 5.41) is 12.8. The zero-order valence-electron chi connectivity index (χ0n) is 17.4. The van der Waals surface area contributed by atoms with Crippen molar-refractivity contribution in [1.82, 2.24) is 5.32 Å². The first-order valence-electron chi connectivity index (χ1n) is 11.2. The fraction of sp³-hybridized carbons (Fsp3) is 1.00. The highest BCUT2D eigenvalue weighted by molar-refractivity contribution is 4.58.